The van der Waals surface area contributed by atoms with Gasteiger partial charge < -0.3 is 5.73 Å². The van der Waals surface area contributed by atoms with Crippen LogP contribution in [0.25, 0.3) is 0 Å². The summed E-state index contributed by atoms with van der Waals surface area (Å²) >= 11 is 2.07. The van der Waals surface area contributed by atoms with Gasteiger partial charge in [0.15, 0.2) is 0 Å². The van der Waals surface area contributed by atoms with Gasteiger partial charge in [0.05, 0.1) is 34.6 Å². The van der Waals surface area contributed by atoms with Crippen LogP contribution in [0.1, 0.15) is 5.69 Å². The number of aromatic nitrogens is 2. The smallest absolute Gasteiger partial charge is 0.217 e. The Morgan fingerprint density at radius 3 is 3.09 bits per heavy atom. The monoisotopic (exact) mass is 264 g/mol. The summed E-state index contributed by atoms with van der Waals surface area (Å²) in [7, 11) is 0. The first kappa shape index (κ1) is 8.66. The van der Waals surface area contributed by atoms with Crippen LogP contribution in [0.4, 0.5) is 0 Å². The average molecular weight is 264 g/mol. The van der Waals surface area contributed by atoms with E-state index in [1.165, 1.54) is 0 Å². The van der Waals surface area contributed by atoms with E-state index in [1.807, 2.05) is 6.20 Å². The Morgan fingerprint density at radius 2 is 2.64 bits per heavy atom. The number of halogens is 1. The van der Waals surface area contributed by atoms with Crippen molar-refractivity contribution >= 4 is 29.2 Å². The van der Waals surface area contributed by atoms with E-state index in [1.54, 1.807) is 15.4 Å². The van der Waals surface area contributed by atoms with Crippen LogP contribution >= 0.6 is 22.9 Å². The van der Waals surface area contributed by atoms with Gasteiger partial charge in [0.25, 0.3) is 0 Å². The third kappa shape index (κ3) is 2.58. The molecule has 4 nitrogen and oxygen atoms in total. The molecule has 5 heteroatoms. The van der Waals surface area contributed by atoms with E-state index >= 15 is 0 Å². The van der Waals surface area contributed by atoms with E-state index in [0.717, 1.165) is 5.69 Å². The molecule has 0 fully saturated rings. The van der Waals surface area contributed by atoms with Crippen molar-refractivity contribution in [3.8, 4) is 0 Å². The predicted molar refractivity (Wildman–Crippen MR) is 49.0 cm³/mol. The van der Waals surface area contributed by atoms with Crippen LogP contribution in [0.15, 0.2) is 12.5 Å². The second-order valence-electron chi connectivity index (χ2n) is 2.14. The molecular weight excluding hydrogens is 257 g/mol. The third-order valence-electron chi connectivity index (χ3n) is 1.19. The maximum Gasteiger partial charge on any atom is 0.217 e. The van der Waals surface area contributed by atoms with Crippen molar-refractivity contribution in [1.82, 2.24) is 7.76 Å². The fraction of sp³-hybridized carbons (Fsp3) is 0.333. The minimum Gasteiger partial charge on any atom is -0.321 e. The molecule has 2 N–H and O–H groups in total. The average Bonchev–Trinajstić information content (AvgIpc) is 2.35. The van der Waals surface area contributed by atoms with Crippen molar-refractivity contribution in [2.45, 2.75) is 12.5 Å². The summed E-state index contributed by atoms with van der Waals surface area (Å²) in [5, 5.41) is 0. The molecule has 1 aromatic rings. The van der Waals surface area contributed by atoms with Gasteiger partial charge >= 0.3 is 0 Å². The molecule has 1 heterocycles. The molecule has 0 spiro atoms. The molecule has 0 aliphatic rings. The summed E-state index contributed by atoms with van der Waals surface area (Å²) in [6, 6.07) is -0.554. The van der Waals surface area contributed by atoms with E-state index in [9.17, 15) is 4.79 Å². The molecule has 59 valence electrons. The summed E-state index contributed by atoms with van der Waals surface area (Å²) in [6.07, 6.45) is 5.63. The van der Waals surface area contributed by atoms with E-state index in [0.29, 0.717) is 6.42 Å². The van der Waals surface area contributed by atoms with Crippen LogP contribution in [0, 0.1) is 0 Å². The minimum atomic E-state index is -0.554. The van der Waals surface area contributed by atoms with Gasteiger partial charge in [-0.15, -0.1) is 0 Å². The molecule has 1 radical (unpaired) electrons. The maximum atomic E-state index is 10.0. The van der Waals surface area contributed by atoms with E-state index in [-0.39, 0.29) is 0 Å². The summed E-state index contributed by atoms with van der Waals surface area (Å²) in [6.45, 7) is 0. The number of hydrogen-bond acceptors (Lipinski definition) is 3. The largest absolute Gasteiger partial charge is 0.321 e. The molecule has 0 saturated heterocycles. The summed E-state index contributed by atoms with van der Waals surface area (Å²) in [5.74, 6) is 0. The number of rotatable bonds is 3. The Bertz CT molecular complexity index is 248. The Kier molecular flexibility index (Phi) is 3.01. The Morgan fingerprint density at radius 1 is 1.91 bits per heavy atom. The molecule has 0 saturated carbocycles. The van der Waals surface area contributed by atoms with Crippen LogP contribution in [0.2, 0.25) is 0 Å². The molecule has 0 aromatic carbocycles. The van der Waals surface area contributed by atoms with Gasteiger partial charge in [-0.2, -0.15) is 0 Å². The van der Waals surface area contributed by atoms with Gasteiger partial charge in [-0.1, -0.05) is 0 Å². The van der Waals surface area contributed by atoms with Gasteiger partial charge in [-0.3, -0.25) is 7.58 Å². The molecule has 1 atom stereocenters. The predicted octanol–water partition coefficient (Wildman–Crippen LogP) is 0.0607. The van der Waals surface area contributed by atoms with Crippen molar-refractivity contribution in [3.05, 3.63) is 18.2 Å². The maximum absolute atomic E-state index is 10.0. The number of nitrogens with zero attached hydrogens (tertiary/aromatic N) is 2. The fourth-order valence-electron chi connectivity index (χ4n) is 0.711. The van der Waals surface area contributed by atoms with Crippen LogP contribution in [-0.2, 0) is 11.2 Å². The van der Waals surface area contributed by atoms with Crippen molar-refractivity contribution < 1.29 is 4.79 Å². The third-order valence-corrected chi connectivity index (χ3v) is 1.71. The first-order chi connectivity index (χ1) is 5.22. The van der Waals surface area contributed by atoms with Crippen molar-refractivity contribution in [2.75, 3.05) is 0 Å². The van der Waals surface area contributed by atoms with E-state index in [2.05, 4.69) is 27.8 Å². The number of carbonyl (C=O) groups excluding carboxylic acids is 1. The highest BCUT2D eigenvalue weighted by Gasteiger charge is 2.04. The lowest BCUT2D eigenvalue weighted by molar-refractivity contribution is 0.540. The lowest BCUT2D eigenvalue weighted by Crippen LogP contribution is -2.24. The van der Waals surface area contributed by atoms with Crippen molar-refractivity contribution in [2.24, 2.45) is 5.73 Å². The summed E-state index contributed by atoms with van der Waals surface area (Å²) < 4.78 is 1.78. The van der Waals surface area contributed by atoms with E-state index < -0.39 is 6.04 Å². The molecule has 0 amide bonds. The quantitative estimate of drug-likeness (QED) is 0.785. The van der Waals surface area contributed by atoms with E-state index in [4.69, 9.17) is 5.73 Å². The molecule has 11 heavy (non-hydrogen) atoms. The fourth-order valence-corrected chi connectivity index (χ4v) is 1.16. The zero-order chi connectivity index (χ0) is 8.27. The van der Waals surface area contributed by atoms with Crippen LogP contribution in [0.3, 0.4) is 0 Å². The van der Waals surface area contributed by atoms with Gasteiger partial charge in [0, 0.05) is 12.6 Å². The first-order valence-electron chi connectivity index (χ1n) is 3.04. The van der Waals surface area contributed by atoms with Crippen LogP contribution < -0.4 is 5.73 Å². The molecule has 0 aliphatic carbocycles. The van der Waals surface area contributed by atoms with Gasteiger partial charge in [-0.05, 0) is 0 Å². The Labute approximate surface area is 78.3 Å². The molecular formula is C6H7IN3O. The lowest BCUT2D eigenvalue weighted by atomic mass is 10.2. The first-order valence-corrected chi connectivity index (χ1v) is 4.01. The highest BCUT2D eigenvalue weighted by molar-refractivity contribution is 14.1. The summed E-state index contributed by atoms with van der Waals surface area (Å²) in [4.78, 5) is 14.0. The summed E-state index contributed by atoms with van der Waals surface area (Å²) in [5.41, 5.74) is 6.15. The molecule has 1 aromatic heterocycles. The minimum absolute atomic E-state index is 0.458. The topological polar surface area (TPSA) is 60.9 Å². The molecule has 0 aliphatic heterocycles. The Hall–Kier alpha value is -0.430. The zero-order valence-electron chi connectivity index (χ0n) is 5.70. The molecule has 0 bridgehead atoms. The number of imidazole rings is 1. The molecule has 1 rings (SSSR count). The SMILES string of the molecule is NC([C]=O)Cc1cn(I)cn1. The van der Waals surface area contributed by atoms with Crippen molar-refractivity contribution in [3.63, 3.8) is 0 Å². The normalized spacial score (nSPS) is 12.9. The lowest BCUT2D eigenvalue weighted by Gasteiger charge is -1.96. The highest BCUT2D eigenvalue weighted by Crippen LogP contribution is 2.01. The highest BCUT2D eigenvalue weighted by atomic mass is 127. The second kappa shape index (κ2) is 3.82. The Balaban J connectivity index is 2.57. The zero-order valence-corrected chi connectivity index (χ0v) is 7.85. The van der Waals surface area contributed by atoms with Gasteiger partial charge in [-0.25, -0.2) is 4.98 Å². The van der Waals surface area contributed by atoms with Gasteiger partial charge in [0.1, 0.15) is 6.33 Å². The molecule has 1 unspecified atom stereocenters. The van der Waals surface area contributed by atoms with Crippen LogP contribution in [0.5, 0.6) is 0 Å². The number of nitrogens with two attached hydrogens (primary N) is 1. The van der Waals surface area contributed by atoms with Crippen molar-refractivity contribution in [1.29, 1.82) is 0 Å². The standard InChI is InChI=1S/C6H7IN3O/c7-10-2-6(9-4-10)1-5(8)3-11/h2,4-5H,1,8H2. The second-order valence-corrected chi connectivity index (χ2v) is 3.25. The van der Waals surface area contributed by atoms with Gasteiger partial charge in [0.2, 0.25) is 6.29 Å². The number of hydrogen-bond donors (Lipinski definition) is 1. The van der Waals surface area contributed by atoms with Crippen LogP contribution in [-0.4, -0.2) is 20.1 Å².